The molecule has 1 aliphatic carbocycles. The molecule has 2 aromatic rings. The Morgan fingerprint density at radius 1 is 1.03 bits per heavy atom. The van der Waals surface area contributed by atoms with Crippen LogP contribution in [-0.4, -0.2) is 64.2 Å². The average molecular weight is 546 g/mol. The van der Waals surface area contributed by atoms with E-state index in [1.807, 2.05) is 24.3 Å². The minimum Gasteiger partial charge on any atom is -0.497 e. The molecule has 0 saturated heterocycles. The highest BCUT2D eigenvalue weighted by molar-refractivity contribution is 7.92. The van der Waals surface area contributed by atoms with Crippen LogP contribution in [0.3, 0.4) is 0 Å². The minimum atomic E-state index is -3.61. The van der Waals surface area contributed by atoms with Gasteiger partial charge in [-0.25, -0.2) is 8.42 Å². The lowest BCUT2D eigenvalue weighted by Crippen LogP contribution is -2.49. The summed E-state index contributed by atoms with van der Waals surface area (Å²) in [5.74, 6) is 0.743. The molecule has 1 aliphatic rings. The average Bonchev–Trinajstić information content (AvgIpc) is 3.42. The summed E-state index contributed by atoms with van der Waals surface area (Å²) in [6.45, 7) is 2.09. The first kappa shape index (κ1) is 29.3. The third-order valence-electron chi connectivity index (χ3n) is 6.89. The Morgan fingerprint density at radius 2 is 1.68 bits per heavy atom. The molecular formula is C28H39N3O6S. The Labute approximate surface area is 226 Å². The normalized spacial score (nSPS) is 14.5. The van der Waals surface area contributed by atoms with Gasteiger partial charge >= 0.3 is 0 Å². The minimum absolute atomic E-state index is 0.0817. The second-order valence-corrected chi connectivity index (χ2v) is 11.6. The quantitative estimate of drug-likeness (QED) is 0.411. The predicted octanol–water partition coefficient (Wildman–Crippen LogP) is 3.73. The molecule has 0 heterocycles. The molecule has 0 unspecified atom stereocenters. The third kappa shape index (κ3) is 7.86. The zero-order valence-electron chi connectivity index (χ0n) is 22.7. The molecule has 1 N–H and O–H groups in total. The first-order chi connectivity index (χ1) is 18.1. The van der Waals surface area contributed by atoms with Crippen molar-refractivity contribution < 1.29 is 27.5 Å². The number of hydrogen-bond acceptors (Lipinski definition) is 6. The smallest absolute Gasteiger partial charge is 0.242 e. The van der Waals surface area contributed by atoms with Gasteiger partial charge in [0.2, 0.25) is 21.8 Å². The predicted molar refractivity (Wildman–Crippen MR) is 148 cm³/mol. The molecule has 0 aliphatic heterocycles. The van der Waals surface area contributed by atoms with Crippen molar-refractivity contribution in [2.75, 3.05) is 31.3 Å². The lowest BCUT2D eigenvalue weighted by atomic mass is 10.1. The Bertz CT molecular complexity index is 1180. The van der Waals surface area contributed by atoms with E-state index in [1.54, 1.807) is 43.2 Å². The first-order valence-electron chi connectivity index (χ1n) is 13.0. The number of nitrogens with zero attached hydrogens (tertiary/aromatic N) is 2. The van der Waals surface area contributed by atoms with Crippen molar-refractivity contribution in [3.8, 4) is 11.5 Å². The Balaban J connectivity index is 1.74. The summed E-state index contributed by atoms with van der Waals surface area (Å²) < 4.78 is 37.0. The van der Waals surface area contributed by atoms with Gasteiger partial charge in [0, 0.05) is 25.6 Å². The van der Waals surface area contributed by atoms with Crippen molar-refractivity contribution in [2.24, 2.45) is 0 Å². The van der Waals surface area contributed by atoms with Gasteiger partial charge in [-0.2, -0.15) is 0 Å². The van der Waals surface area contributed by atoms with Crippen LogP contribution in [-0.2, 0) is 26.2 Å². The SMILES string of the molecule is COc1ccc(CN(C(=O)CCCN(c2ccccc2OC)S(C)(=O)=O)[C@H](C)C(=O)NC2CCCC2)cc1. The van der Waals surface area contributed by atoms with Crippen LogP contribution in [0.5, 0.6) is 11.5 Å². The molecular weight excluding hydrogens is 506 g/mol. The number of ether oxygens (including phenoxy) is 2. The van der Waals surface area contributed by atoms with Crippen LogP contribution >= 0.6 is 0 Å². The topological polar surface area (TPSA) is 105 Å². The van der Waals surface area contributed by atoms with E-state index in [1.165, 1.54) is 11.4 Å². The van der Waals surface area contributed by atoms with E-state index in [4.69, 9.17) is 9.47 Å². The molecule has 38 heavy (non-hydrogen) atoms. The van der Waals surface area contributed by atoms with E-state index in [0.29, 0.717) is 17.2 Å². The van der Waals surface area contributed by atoms with Crippen molar-refractivity contribution in [1.82, 2.24) is 10.2 Å². The molecule has 0 aromatic heterocycles. The maximum absolute atomic E-state index is 13.5. The molecule has 0 spiro atoms. The molecule has 2 amide bonds. The zero-order chi connectivity index (χ0) is 27.7. The summed E-state index contributed by atoms with van der Waals surface area (Å²) in [5, 5.41) is 3.09. The number of rotatable bonds is 13. The van der Waals surface area contributed by atoms with E-state index in [2.05, 4.69) is 5.32 Å². The number of hydrogen-bond donors (Lipinski definition) is 1. The summed E-state index contributed by atoms with van der Waals surface area (Å²) in [4.78, 5) is 28.1. The van der Waals surface area contributed by atoms with Crippen LogP contribution in [0.1, 0.15) is 51.0 Å². The summed E-state index contributed by atoms with van der Waals surface area (Å²) in [6, 6.07) is 13.7. The lowest BCUT2D eigenvalue weighted by Gasteiger charge is -2.30. The summed E-state index contributed by atoms with van der Waals surface area (Å²) in [5.41, 5.74) is 1.29. The number of amides is 2. The summed E-state index contributed by atoms with van der Waals surface area (Å²) in [6.07, 6.45) is 5.59. The fourth-order valence-corrected chi connectivity index (χ4v) is 5.69. The molecule has 1 atom stereocenters. The molecule has 0 bridgehead atoms. The van der Waals surface area contributed by atoms with Gasteiger partial charge in [-0.1, -0.05) is 37.1 Å². The highest BCUT2D eigenvalue weighted by Gasteiger charge is 2.29. The van der Waals surface area contributed by atoms with Crippen LogP contribution in [0.4, 0.5) is 5.69 Å². The number of methoxy groups -OCH3 is 2. The maximum Gasteiger partial charge on any atom is 0.242 e. The molecule has 1 fully saturated rings. The molecule has 2 aromatic carbocycles. The first-order valence-corrected chi connectivity index (χ1v) is 14.8. The van der Waals surface area contributed by atoms with E-state index in [-0.39, 0.29) is 43.8 Å². The zero-order valence-corrected chi connectivity index (χ0v) is 23.5. The lowest BCUT2D eigenvalue weighted by molar-refractivity contribution is -0.141. The number of carbonyl (C=O) groups excluding carboxylic acids is 2. The molecule has 208 valence electrons. The van der Waals surface area contributed by atoms with Gasteiger partial charge in [0.15, 0.2) is 0 Å². The van der Waals surface area contributed by atoms with Crippen LogP contribution in [0.2, 0.25) is 0 Å². The Kier molecular flexibility index (Phi) is 10.4. The molecule has 0 radical (unpaired) electrons. The number of para-hydroxylation sites is 2. The van der Waals surface area contributed by atoms with Crippen LogP contribution in [0.25, 0.3) is 0 Å². The van der Waals surface area contributed by atoms with Gasteiger partial charge in [-0.05, 0) is 56.0 Å². The molecule has 1 saturated carbocycles. The summed E-state index contributed by atoms with van der Waals surface area (Å²) >= 11 is 0. The summed E-state index contributed by atoms with van der Waals surface area (Å²) in [7, 11) is -0.542. The highest BCUT2D eigenvalue weighted by atomic mass is 32.2. The number of sulfonamides is 1. The highest BCUT2D eigenvalue weighted by Crippen LogP contribution is 2.30. The Morgan fingerprint density at radius 3 is 2.29 bits per heavy atom. The van der Waals surface area contributed by atoms with E-state index >= 15 is 0 Å². The van der Waals surface area contributed by atoms with Crippen molar-refractivity contribution in [1.29, 1.82) is 0 Å². The molecule has 10 heteroatoms. The monoisotopic (exact) mass is 545 g/mol. The van der Waals surface area contributed by atoms with Crippen LogP contribution in [0.15, 0.2) is 48.5 Å². The van der Waals surface area contributed by atoms with Gasteiger partial charge in [-0.3, -0.25) is 13.9 Å². The van der Waals surface area contributed by atoms with Crippen LogP contribution in [0, 0.1) is 0 Å². The van der Waals surface area contributed by atoms with Crippen molar-refractivity contribution >= 4 is 27.5 Å². The van der Waals surface area contributed by atoms with Crippen LogP contribution < -0.4 is 19.1 Å². The second-order valence-electron chi connectivity index (χ2n) is 9.65. The number of benzene rings is 2. The number of nitrogens with one attached hydrogen (secondary N) is 1. The molecule has 9 nitrogen and oxygen atoms in total. The maximum atomic E-state index is 13.5. The van der Waals surface area contributed by atoms with Gasteiger partial charge in [0.1, 0.15) is 17.5 Å². The fourth-order valence-electron chi connectivity index (χ4n) is 4.72. The van der Waals surface area contributed by atoms with Gasteiger partial charge in [-0.15, -0.1) is 0 Å². The van der Waals surface area contributed by atoms with Gasteiger partial charge in [0.25, 0.3) is 0 Å². The fraction of sp³-hybridized carbons (Fsp3) is 0.500. The standard InChI is InChI=1S/C28H39N3O6S/c1-21(28(33)29-23-10-5-6-11-23)30(20-22-15-17-24(36-2)18-16-22)27(32)14-9-19-31(38(4,34)35)25-12-7-8-13-26(25)37-3/h7-8,12-13,15-18,21,23H,5-6,9-11,14,19-20H2,1-4H3,(H,29,33)/t21-/m1/s1. The van der Waals surface area contributed by atoms with E-state index in [0.717, 1.165) is 37.5 Å². The third-order valence-corrected chi connectivity index (χ3v) is 8.07. The number of anilines is 1. The molecule has 3 rings (SSSR count). The Hall–Kier alpha value is -3.27. The van der Waals surface area contributed by atoms with E-state index < -0.39 is 16.1 Å². The van der Waals surface area contributed by atoms with Crippen molar-refractivity contribution in [3.63, 3.8) is 0 Å². The number of carbonyl (C=O) groups is 2. The van der Waals surface area contributed by atoms with Gasteiger partial charge in [0.05, 0.1) is 26.2 Å². The second kappa shape index (κ2) is 13.5. The largest absolute Gasteiger partial charge is 0.497 e. The van der Waals surface area contributed by atoms with Crippen molar-refractivity contribution in [3.05, 3.63) is 54.1 Å². The van der Waals surface area contributed by atoms with Gasteiger partial charge < -0.3 is 19.7 Å². The van der Waals surface area contributed by atoms with E-state index in [9.17, 15) is 18.0 Å². The van der Waals surface area contributed by atoms with Crippen molar-refractivity contribution in [2.45, 2.75) is 64.1 Å².